The Labute approximate surface area is 130 Å². The summed E-state index contributed by atoms with van der Waals surface area (Å²) >= 11 is 0. The monoisotopic (exact) mass is 298 g/mol. The van der Waals surface area contributed by atoms with Crippen molar-refractivity contribution in [3.8, 4) is 6.07 Å². The lowest BCUT2D eigenvalue weighted by Crippen LogP contribution is -2.28. The van der Waals surface area contributed by atoms with Crippen molar-refractivity contribution in [2.24, 2.45) is 7.05 Å². The van der Waals surface area contributed by atoms with Gasteiger partial charge in [-0.2, -0.15) is 5.26 Å². The Morgan fingerprint density at radius 3 is 2.59 bits per heavy atom. The van der Waals surface area contributed by atoms with Crippen LogP contribution < -0.4 is 10.6 Å². The number of aryl methyl sites for hydroxylation is 1. The van der Waals surface area contributed by atoms with Crippen LogP contribution in [0, 0.1) is 11.3 Å². The summed E-state index contributed by atoms with van der Waals surface area (Å²) in [4.78, 5) is 6.70. The smallest absolute Gasteiger partial charge is 0.133 e. The molecule has 0 saturated carbocycles. The average Bonchev–Trinajstić information content (AvgIpc) is 2.93. The molecule has 6 heteroatoms. The summed E-state index contributed by atoms with van der Waals surface area (Å²) < 4.78 is 3.98. The summed E-state index contributed by atoms with van der Waals surface area (Å²) in [5.41, 5.74) is 7.51. The molecule has 0 aromatic carbocycles. The van der Waals surface area contributed by atoms with Gasteiger partial charge in [0.15, 0.2) is 0 Å². The Hall–Kier alpha value is -2.42. The Balaban J connectivity index is 1.99. The van der Waals surface area contributed by atoms with Crippen LogP contribution in [0.25, 0.3) is 0 Å². The van der Waals surface area contributed by atoms with E-state index in [0.717, 1.165) is 24.7 Å². The number of nitrogen functional groups attached to an aromatic ring is 1. The third-order valence-electron chi connectivity index (χ3n) is 4.34. The summed E-state index contributed by atoms with van der Waals surface area (Å²) in [5.74, 6) is 1.89. The number of hydrogen-bond acceptors (Lipinski definition) is 4. The van der Waals surface area contributed by atoms with Crippen molar-refractivity contribution in [3.63, 3.8) is 0 Å². The number of imidazole rings is 1. The highest BCUT2D eigenvalue weighted by Crippen LogP contribution is 2.30. The normalized spacial score (nSPS) is 15.5. The van der Waals surface area contributed by atoms with E-state index < -0.39 is 0 Å². The van der Waals surface area contributed by atoms with Gasteiger partial charge in [-0.1, -0.05) is 12.8 Å². The van der Waals surface area contributed by atoms with E-state index in [1.54, 1.807) is 12.3 Å². The van der Waals surface area contributed by atoms with E-state index in [1.165, 1.54) is 25.7 Å². The predicted octanol–water partition coefficient (Wildman–Crippen LogP) is 2.10. The summed E-state index contributed by atoms with van der Waals surface area (Å²) in [5, 5.41) is 9.44. The number of nitrogens with two attached hydrogens (primary N) is 1. The zero-order valence-electron chi connectivity index (χ0n) is 13.0. The maximum atomic E-state index is 9.44. The van der Waals surface area contributed by atoms with Crippen molar-refractivity contribution in [1.29, 1.82) is 5.26 Å². The molecule has 0 radical (unpaired) electrons. The van der Waals surface area contributed by atoms with Crippen molar-refractivity contribution >= 4 is 11.5 Å². The van der Waals surface area contributed by atoms with Gasteiger partial charge in [0.05, 0.1) is 12.2 Å². The first-order chi connectivity index (χ1) is 10.7. The second-order valence-electron chi connectivity index (χ2n) is 5.86. The fourth-order valence-electron chi connectivity index (χ4n) is 3.14. The van der Waals surface area contributed by atoms with E-state index in [9.17, 15) is 5.26 Å². The standard InChI is InChI=1S/C16H22N6/c1-20-9-6-19-15(20)12-22-13(11-17)10-14(18)16(22)21-7-4-2-3-5-8-21/h6,9-10H,2-5,7-8,12,18H2,1H3. The van der Waals surface area contributed by atoms with Gasteiger partial charge in [0, 0.05) is 32.5 Å². The Morgan fingerprint density at radius 2 is 2.00 bits per heavy atom. The first kappa shape index (κ1) is 14.5. The predicted molar refractivity (Wildman–Crippen MR) is 86.6 cm³/mol. The lowest BCUT2D eigenvalue weighted by molar-refractivity contribution is 0.670. The molecule has 3 heterocycles. The average molecular weight is 298 g/mol. The molecule has 3 rings (SSSR count). The fourth-order valence-corrected chi connectivity index (χ4v) is 3.14. The van der Waals surface area contributed by atoms with Crippen LogP contribution in [0.2, 0.25) is 0 Å². The highest BCUT2D eigenvalue weighted by atomic mass is 15.3. The molecule has 22 heavy (non-hydrogen) atoms. The third kappa shape index (κ3) is 2.67. The Morgan fingerprint density at radius 1 is 1.27 bits per heavy atom. The van der Waals surface area contributed by atoms with Crippen molar-refractivity contribution in [2.45, 2.75) is 32.2 Å². The van der Waals surface area contributed by atoms with E-state index >= 15 is 0 Å². The topological polar surface area (TPSA) is 75.8 Å². The second-order valence-corrected chi connectivity index (χ2v) is 5.86. The van der Waals surface area contributed by atoms with E-state index in [0.29, 0.717) is 17.9 Å². The minimum atomic E-state index is 0.565. The number of aromatic nitrogens is 3. The molecule has 0 unspecified atom stereocenters. The van der Waals surface area contributed by atoms with Gasteiger partial charge in [-0.05, 0) is 18.9 Å². The molecule has 116 valence electrons. The van der Waals surface area contributed by atoms with E-state index in [-0.39, 0.29) is 0 Å². The highest BCUT2D eigenvalue weighted by molar-refractivity contribution is 5.68. The number of hydrogen-bond donors (Lipinski definition) is 1. The highest BCUT2D eigenvalue weighted by Gasteiger charge is 2.21. The summed E-state index contributed by atoms with van der Waals surface area (Å²) in [6.45, 7) is 2.56. The van der Waals surface area contributed by atoms with Crippen molar-refractivity contribution in [2.75, 3.05) is 23.7 Å². The lowest BCUT2D eigenvalue weighted by Gasteiger charge is -2.25. The van der Waals surface area contributed by atoms with Gasteiger partial charge in [0.1, 0.15) is 23.4 Å². The molecule has 0 amide bonds. The molecule has 6 nitrogen and oxygen atoms in total. The number of nitriles is 1. The molecule has 1 aliphatic heterocycles. The maximum Gasteiger partial charge on any atom is 0.133 e. The first-order valence-electron chi connectivity index (χ1n) is 7.81. The van der Waals surface area contributed by atoms with Gasteiger partial charge < -0.3 is 19.8 Å². The van der Waals surface area contributed by atoms with Gasteiger partial charge in [0.2, 0.25) is 0 Å². The quantitative estimate of drug-likeness (QED) is 0.941. The second kappa shape index (κ2) is 6.14. The molecule has 2 N–H and O–H groups in total. The van der Waals surface area contributed by atoms with Crippen LogP contribution in [0.4, 0.5) is 11.5 Å². The van der Waals surface area contributed by atoms with Crippen LogP contribution in [-0.2, 0) is 13.6 Å². The van der Waals surface area contributed by atoms with Gasteiger partial charge in [-0.25, -0.2) is 4.98 Å². The summed E-state index contributed by atoms with van der Waals surface area (Å²) in [7, 11) is 1.97. The van der Waals surface area contributed by atoms with Crippen LogP contribution in [0.15, 0.2) is 18.5 Å². The number of anilines is 2. The van der Waals surface area contributed by atoms with Gasteiger partial charge in [0.25, 0.3) is 0 Å². The minimum absolute atomic E-state index is 0.565. The molecular weight excluding hydrogens is 276 g/mol. The van der Waals surface area contributed by atoms with Gasteiger partial charge in [-0.15, -0.1) is 0 Å². The molecule has 2 aromatic rings. The zero-order valence-corrected chi connectivity index (χ0v) is 13.0. The minimum Gasteiger partial charge on any atom is -0.396 e. The Kier molecular flexibility index (Phi) is 4.05. The molecule has 0 aliphatic carbocycles. The molecule has 2 aromatic heterocycles. The van der Waals surface area contributed by atoms with Crippen LogP contribution in [-0.4, -0.2) is 27.2 Å². The number of nitrogens with zero attached hydrogens (tertiary/aromatic N) is 5. The largest absolute Gasteiger partial charge is 0.396 e. The van der Waals surface area contributed by atoms with Gasteiger partial charge in [-0.3, -0.25) is 0 Å². The van der Waals surface area contributed by atoms with Gasteiger partial charge >= 0.3 is 0 Å². The maximum absolute atomic E-state index is 9.44. The summed E-state index contributed by atoms with van der Waals surface area (Å²) in [6.07, 6.45) is 8.58. The van der Waals surface area contributed by atoms with Crippen LogP contribution >= 0.6 is 0 Å². The Bertz CT molecular complexity index is 682. The molecule has 1 saturated heterocycles. The van der Waals surface area contributed by atoms with E-state index in [1.807, 2.05) is 22.4 Å². The molecule has 1 fully saturated rings. The third-order valence-corrected chi connectivity index (χ3v) is 4.34. The van der Waals surface area contributed by atoms with Crippen LogP contribution in [0.1, 0.15) is 37.2 Å². The molecule has 1 aliphatic rings. The summed E-state index contributed by atoms with van der Waals surface area (Å²) in [6, 6.07) is 4.04. The molecule has 0 spiro atoms. The zero-order chi connectivity index (χ0) is 15.5. The van der Waals surface area contributed by atoms with Crippen LogP contribution in [0.5, 0.6) is 0 Å². The van der Waals surface area contributed by atoms with Crippen molar-refractivity contribution in [3.05, 3.63) is 30.0 Å². The molecule has 0 bridgehead atoms. The van der Waals surface area contributed by atoms with Crippen molar-refractivity contribution in [1.82, 2.24) is 14.1 Å². The fraction of sp³-hybridized carbons (Fsp3) is 0.500. The lowest BCUT2D eigenvalue weighted by atomic mass is 10.2. The van der Waals surface area contributed by atoms with Crippen LogP contribution in [0.3, 0.4) is 0 Å². The van der Waals surface area contributed by atoms with E-state index in [2.05, 4.69) is 16.0 Å². The molecular formula is C16H22N6. The van der Waals surface area contributed by atoms with E-state index in [4.69, 9.17) is 5.73 Å². The van der Waals surface area contributed by atoms with Crippen molar-refractivity contribution < 1.29 is 0 Å². The SMILES string of the molecule is Cn1ccnc1Cn1c(C#N)cc(N)c1N1CCCCCC1. The molecule has 0 atom stereocenters. The first-order valence-corrected chi connectivity index (χ1v) is 7.81. The number of rotatable bonds is 3.